The lowest BCUT2D eigenvalue weighted by Crippen LogP contribution is -2.34. The van der Waals surface area contributed by atoms with Crippen molar-refractivity contribution in [1.29, 1.82) is 0 Å². The highest BCUT2D eigenvalue weighted by Gasteiger charge is 2.23. The van der Waals surface area contributed by atoms with Crippen LogP contribution in [0.5, 0.6) is 0 Å². The quantitative estimate of drug-likeness (QED) is 0.553. The Kier molecular flexibility index (Phi) is 6.74. The Labute approximate surface area is 192 Å². The Balaban J connectivity index is 1.32. The van der Waals surface area contributed by atoms with E-state index >= 15 is 0 Å². The number of nitrogens with one attached hydrogen (secondary N) is 2. The maximum absolute atomic E-state index is 13.2. The van der Waals surface area contributed by atoms with Crippen LogP contribution in [0.15, 0.2) is 42.5 Å². The van der Waals surface area contributed by atoms with Crippen molar-refractivity contribution in [3.05, 3.63) is 58.9 Å². The summed E-state index contributed by atoms with van der Waals surface area (Å²) < 4.78 is 13.2. The Morgan fingerprint density at radius 2 is 1.88 bits per heavy atom. The average molecular weight is 456 g/mol. The van der Waals surface area contributed by atoms with Crippen molar-refractivity contribution in [2.45, 2.75) is 31.7 Å². The zero-order valence-corrected chi connectivity index (χ0v) is 19.0. The molecule has 3 aromatic rings. The number of para-hydroxylation sites is 1. The van der Waals surface area contributed by atoms with E-state index in [1.807, 2.05) is 43.3 Å². The fraction of sp³-hybridized carbons (Fsp3) is 0.375. The number of halogens is 2. The first-order chi connectivity index (χ1) is 15.4. The van der Waals surface area contributed by atoms with Crippen molar-refractivity contribution in [3.63, 3.8) is 0 Å². The maximum Gasteiger partial charge on any atom is 0.252 e. The second-order valence-electron chi connectivity index (χ2n) is 8.48. The third-order valence-electron chi connectivity index (χ3n) is 5.91. The SMILES string of the molecule is CN(C)c1nc(N[C@H]2CC[C@@H](CNC(=O)c3ccc(F)cc3Cl)CC2)nc2ccccc12. The van der Waals surface area contributed by atoms with E-state index < -0.39 is 5.82 Å². The summed E-state index contributed by atoms with van der Waals surface area (Å²) in [6.07, 6.45) is 3.93. The molecule has 6 nitrogen and oxygen atoms in total. The molecule has 2 N–H and O–H groups in total. The monoisotopic (exact) mass is 455 g/mol. The molecule has 168 valence electrons. The number of rotatable bonds is 6. The normalized spacial score (nSPS) is 18.4. The van der Waals surface area contributed by atoms with Crippen LogP contribution in [-0.2, 0) is 0 Å². The van der Waals surface area contributed by atoms with E-state index in [1.165, 1.54) is 12.1 Å². The maximum atomic E-state index is 13.2. The molecule has 1 aliphatic carbocycles. The van der Waals surface area contributed by atoms with Crippen molar-refractivity contribution >= 4 is 40.2 Å². The van der Waals surface area contributed by atoms with Gasteiger partial charge in [0.25, 0.3) is 5.91 Å². The van der Waals surface area contributed by atoms with Gasteiger partial charge in [-0.05, 0) is 61.9 Å². The highest BCUT2D eigenvalue weighted by molar-refractivity contribution is 6.33. The molecule has 1 saturated carbocycles. The van der Waals surface area contributed by atoms with Gasteiger partial charge in [0.1, 0.15) is 11.6 Å². The first kappa shape index (κ1) is 22.3. The highest BCUT2D eigenvalue weighted by Crippen LogP contribution is 2.28. The van der Waals surface area contributed by atoms with E-state index in [9.17, 15) is 9.18 Å². The first-order valence-electron chi connectivity index (χ1n) is 10.8. The molecule has 0 aliphatic heterocycles. The van der Waals surface area contributed by atoms with Gasteiger partial charge in [0, 0.05) is 32.1 Å². The third kappa shape index (κ3) is 5.10. The molecule has 4 rings (SSSR count). The summed E-state index contributed by atoms with van der Waals surface area (Å²) in [7, 11) is 3.97. The molecule has 0 saturated heterocycles. The van der Waals surface area contributed by atoms with Crippen LogP contribution in [0.3, 0.4) is 0 Å². The highest BCUT2D eigenvalue weighted by atomic mass is 35.5. The molecule has 32 heavy (non-hydrogen) atoms. The number of aromatic nitrogens is 2. The Hall–Kier alpha value is -2.93. The predicted octanol–water partition coefficient (Wildman–Crippen LogP) is 4.89. The van der Waals surface area contributed by atoms with Gasteiger partial charge in [-0.25, -0.2) is 9.37 Å². The molecule has 2 aromatic carbocycles. The van der Waals surface area contributed by atoms with E-state index in [0.717, 1.165) is 48.5 Å². The number of nitrogens with zero attached hydrogens (tertiary/aromatic N) is 3. The molecule has 8 heteroatoms. The molecule has 0 radical (unpaired) electrons. The molecule has 1 amide bonds. The van der Waals surface area contributed by atoms with Gasteiger partial charge in [-0.2, -0.15) is 4.98 Å². The minimum absolute atomic E-state index is 0.128. The number of anilines is 2. The lowest BCUT2D eigenvalue weighted by atomic mass is 9.86. The van der Waals surface area contributed by atoms with Gasteiger partial charge in [0.15, 0.2) is 0 Å². The van der Waals surface area contributed by atoms with Gasteiger partial charge in [-0.15, -0.1) is 0 Å². The van der Waals surface area contributed by atoms with Crippen molar-refractivity contribution in [3.8, 4) is 0 Å². The zero-order valence-electron chi connectivity index (χ0n) is 18.2. The van der Waals surface area contributed by atoms with Crippen molar-refractivity contribution < 1.29 is 9.18 Å². The number of amides is 1. The van der Waals surface area contributed by atoms with Crippen LogP contribution in [0.25, 0.3) is 10.9 Å². The standard InChI is InChI=1S/C24H27ClFN5O/c1-31(2)22-19-5-3-4-6-21(19)29-24(30-22)28-17-10-7-15(8-11-17)14-27-23(32)18-12-9-16(26)13-20(18)25/h3-6,9,12-13,15,17H,7-8,10-11,14H2,1-2H3,(H,27,32)(H,28,29,30)/t15-,17+. The van der Waals surface area contributed by atoms with Gasteiger partial charge in [-0.3, -0.25) is 4.79 Å². The van der Waals surface area contributed by atoms with Gasteiger partial charge >= 0.3 is 0 Å². The summed E-state index contributed by atoms with van der Waals surface area (Å²) in [4.78, 5) is 23.8. The number of fused-ring (bicyclic) bond motifs is 1. The van der Waals surface area contributed by atoms with E-state index in [0.29, 0.717) is 30.0 Å². The van der Waals surface area contributed by atoms with Crippen LogP contribution in [0.1, 0.15) is 36.0 Å². The second-order valence-corrected chi connectivity index (χ2v) is 8.89. The van der Waals surface area contributed by atoms with E-state index in [-0.39, 0.29) is 10.9 Å². The summed E-state index contributed by atoms with van der Waals surface area (Å²) in [6.45, 7) is 0.580. The van der Waals surface area contributed by atoms with E-state index in [2.05, 4.69) is 10.6 Å². The molecule has 0 unspecified atom stereocenters. The smallest absolute Gasteiger partial charge is 0.252 e. The molecule has 1 aromatic heterocycles. The van der Waals surface area contributed by atoms with Crippen molar-refractivity contribution in [2.75, 3.05) is 30.9 Å². The van der Waals surface area contributed by atoms with Crippen LogP contribution < -0.4 is 15.5 Å². The second kappa shape index (κ2) is 9.69. The Morgan fingerprint density at radius 3 is 2.59 bits per heavy atom. The fourth-order valence-electron chi connectivity index (χ4n) is 4.16. The van der Waals surface area contributed by atoms with E-state index in [4.69, 9.17) is 21.6 Å². The zero-order chi connectivity index (χ0) is 22.7. The van der Waals surface area contributed by atoms with Gasteiger partial charge in [-0.1, -0.05) is 23.7 Å². The molecular formula is C24H27ClFN5O. The van der Waals surface area contributed by atoms with Gasteiger partial charge in [0.05, 0.1) is 16.1 Å². The largest absolute Gasteiger partial charge is 0.362 e. The molecule has 1 heterocycles. The van der Waals surface area contributed by atoms with Gasteiger partial charge < -0.3 is 15.5 Å². The van der Waals surface area contributed by atoms with Crippen LogP contribution >= 0.6 is 11.6 Å². The number of hydrogen-bond acceptors (Lipinski definition) is 5. The van der Waals surface area contributed by atoms with Crippen molar-refractivity contribution in [1.82, 2.24) is 15.3 Å². The molecule has 0 atom stereocenters. The molecule has 0 spiro atoms. The van der Waals surface area contributed by atoms with Gasteiger partial charge in [0.2, 0.25) is 5.95 Å². The minimum atomic E-state index is -0.453. The summed E-state index contributed by atoms with van der Waals surface area (Å²) in [5.74, 6) is 1.22. The minimum Gasteiger partial charge on any atom is -0.362 e. The van der Waals surface area contributed by atoms with Crippen LogP contribution in [0.2, 0.25) is 5.02 Å². The molecular weight excluding hydrogens is 429 g/mol. The molecule has 1 aliphatic rings. The predicted molar refractivity (Wildman–Crippen MR) is 127 cm³/mol. The number of hydrogen-bond donors (Lipinski definition) is 2. The average Bonchev–Trinajstić information content (AvgIpc) is 2.78. The first-order valence-corrected chi connectivity index (χ1v) is 11.2. The van der Waals surface area contributed by atoms with Crippen molar-refractivity contribution in [2.24, 2.45) is 5.92 Å². The van der Waals surface area contributed by atoms with Crippen LogP contribution in [0, 0.1) is 11.7 Å². The number of benzene rings is 2. The summed E-state index contributed by atoms with van der Waals surface area (Å²) in [5.41, 5.74) is 1.22. The lowest BCUT2D eigenvalue weighted by molar-refractivity contribution is 0.0943. The lowest BCUT2D eigenvalue weighted by Gasteiger charge is -2.29. The number of carbonyl (C=O) groups excluding carboxylic acids is 1. The molecule has 0 bridgehead atoms. The topological polar surface area (TPSA) is 70.2 Å². The summed E-state index contributed by atoms with van der Waals surface area (Å²) >= 11 is 5.99. The Morgan fingerprint density at radius 1 is 1.12 bits per heavy atom. The molecule has 1 fully saturated rings. The Bertz CT molecular complexity index is 1110. The third-order valence-corrected chi connectivity index (χ3v) is 6.23. The fourth-order valence-corrected chi connectivity index (χ4v) is 4.42. The van der Waals surface area contributed by atoms with Crippen LogP contribution in [-0.4, -0.2) is 42.6 Å². The summed E-state index contributed by atoms with van der Waals surface area (Å²) in [6, 6.07) is 12.1. The summed E-state index contributed by atoms with van der Waals surface area (Å²) in [5, 5.41) is 7.60. The van der Waals surface area contributed by atoms with Crippen LogP contribution in [0.4, 0.5) is 16.2 Å². The number of carbonyl (C=O) groups is 1. The van der Waals surface area contributed by atoms with E-state index in [1.54, 1.807) is 0 Å².